The first-order chi connectivity index (χ1) is 11.8. The van der Waals surface area contributed by atoms with Gasteiger partial charge in [0.05, 0.1) is 12.6 Å². The van der Waals surface area contributed by atoms with Crippen molar-refractivity contribution < 1.29 is 9.59 Å². The lowest BCUT2D eigenvalue weighted by Gasteiger charge is -2.28. The van der Waals surface area contributed by atoms with Crippen LogP contribution in [0.25, 0.3) is 0 Å². The molecule has 1 aromatic rings. The fourth-order valence-electron chi connectivity index (χ4n) is 2.68. The molecule has 25 heavy (non-hydrogen) atoms. The number of carbonyl (C=O) groups excluding carboxylic acids is 2. The van der Waals surface area contributed by atoms with E-state index in [1.807, 2.05) is 13.8 Å². The van der Waals surface area contributed by atoms with Crippen molar-refractivity contribution in [1.29, 1.82) is 5.26 Å². The van der Waals surface area contributed by atoms with E-state index in [0.717, 1.165) is 12.8 Å². The zero-order valence-corrected chi connectivity index (χ0v) is 15.3. The first-order valence-corrected chi connectivity index (χ1v) is 8.68. The molecule has 1 aliphatic rings. The van der Waals surface area contributed by atoms with Crippen molar-refractivity contribution in [2.24, 2.45) is 0 Å². The van der Waals surface area contributed by atoms with Gasteiger partial charge in [0.2, 0.25) is 5.91 Å². The van der Waals surface area contributed by atoms with E-state index in [1.54, 1.807) is 29.2 Å². The van der Waals surface area contributed by atoms with Crippen LogP contribution in [0.15, 0.2) is 24.3 Å². The van der Waals surface area contributed by atoms with E-state index in [9.17, 15) is 9.59 Å². The van der Waals surface area contributed by atoms with Crippen LogP contribution in [0.2, 0.25) is 5.02 Å². The fourth-order valence-corrected chi connectivity index (χ4v) is 2.81. The minimum Gasteiger partial charge on any atom is -0.350 e. The topological polar surface area (TPSA) is 85.2 Å². The van der Waals surface area contributed by atoms with Crippen molar-refractivity contribution in [3.8, 4) is 6.07 Å². The molecule has 0 saturated carbocycles. The number of benzene rings is 1. The summed E-state index contributed by atoms with van der Waals surface area (Å²) in [4.78, 5) is 26.0. The lowest BCUT2D eigenvalue weighted by Crippen LogP contribution is -2.52. The molecule has 1 saturated heterocycles. The Labute approximate surface area is 153 Å². The van der Waals surface area contributed by atoms with Crippen molar-refractivity contribution in [3.63, 3.8) is 0 Å². The molecule has 0 radical (unpaired) electrons. The van der Waals surface area contributed by atoms with Crippen LogP contribution in [0, 0.1) is 11.3 Å². The number of amides is 2. The van der Waals surface area contributed by atoms with E-state index >= 15 is 0 Å². The first kappa shape index (κ1) is 19.2. The molecule has 1 fully saturated rings. The standard InChI is InChI=1S/C18H23ClN4O2/c1-18(2,12-21-17(25)13-5-7-14(19)8-6-13)22-11-16(24)23-9-3-4-15(23)10-20/h5-8,15,22H,3-4,9,11-12H2,1-2H3,(H,21,25). The number of nitrogens with zero attached hydrogens (tertiary/aromatic N) is 2. The highest BCUT2D eigenvalue weighted by Crippen LogP contribution is 2.16. The van der Waals surface area contributed by atoms with Crippen LogP contribution < -0.4 is 10.6 Å². The SMILES string of the molecule is CC(C)(CNC(=O)c1ccc(Cl)cc1)NCC(=O)N1CCCC1C#N. The van der Waals surface area contributed by atoms with Crippen molar-refractivity contribution in [2.75, 3.05) is 19.6 Å². The minimum absolute atomic E-state index is 0.0823. The van der Waals surface area contributed by atoms with Crippen LogP contribution in [0.5, 0.6) is 0 Å². The molecule has 1 aliphatic heterocycles. The number of rotatable bonds is 6. The van der Waals surface area contributed by atoms with Gasteiger partial charge in [0.15, 0.2) is 0 Å². The quantitative estimate of drug-likeness (QED) is 0.810. The van der Waals surface area contributed by atoms with Crippen LogP contribution in [-0.4, -0.2) is 47.9 Å². The Morgan fingerprint density at radius 3 is 2.68 bits per heavy atom. The molecule has 0 aromatic heterocycles. The average molecular weight is 363 g/mol. The molecule has 2 amide bonds. The summed E-state index contributed by atoms with van der Waals surface area (Å²) in [6, 6.07) is 8.51. The van der Waals surface area contributed by atoms with Crippen LogP contribution in [-0.2, 0) is 4.79 Å². The van der Waals surface area contributed by atoms with Gasteiger partial charge in [0.25, 0.3) is 5.91 Å². The van der Waals surface area contributed by atoms with Crippen molar-refractivity contribution >= 4 is 23.4 Å². The third-order valence-electron chi connectivity index (χ3n) is 4.24. The van der Waals surface area contributed by atoms with Gasteiger partial charge >= 0.3 is 0 Å². The maximum absolute atomic E-state index is 12.3. The van der Waals surface area contributed by atoms with Crippen LogP contribution >= 0.6 is 11.6 Å². The van der Waals surface area contributed by atoms with Gasteiger partial charge in [0.1, 0.15) is 6.04 Å². The van der Waals surface area contributed by atoms with E-state index in [0.29, 0.717) is 23.7 Å². The molecule has 134 valence electrons. The molecule has 1 heterocycles. The zero-order valence-electron chi connectivity index (χ0n) is 14.5. The number of hydrogen-bond donors (Lipinski definition) is 2. The molecule has 2 N–H and O–H groups in total. The highest BCUT2D eigenvalue weighted by atomic mass is 35.5. The van der Waals surface area contributed by atoms with Gasteiger partial charge in [-0.05, 0) is 51.0 Å². The predicted octanol–water partition coefficient (Wildman–Crippen LogP) is 1.95. The molecule has 7 heteroatoms. The van der Waals surface area contributed by atoms with E-state index < -0.39 is 5.54 Å². The highest BCUT2D eigenvalue weighted by molar-refractivity contribution is 6.30. The van der Waals surface area contributed by atoms with E-state index in [4.69, 9.17) is 16.9 Å². The van der Waals surface area contributed by atoms with Gasteiger partial charge in [-0.25, -0.2) is 0 Å². The summed E-state index contributed by atoms with van der Waals surface area (Å²) < 4.78 is 0. The molecular weight excluding hydrogens is 340 g/mol. The number of halogens is 1. The van der Waals surface area contributed by atoms with Gasteiger partial charge in [-0.1, -0.05) is 11.6 Å². The Hall–Kier alpha value is -2.10. The number of likely N-dealkylation sites (tertiary alicyclic amines) is 1. The summed E-state index contributed by atoms with van der Waals surface area (Å²) in [6.07, 6.45) is 1.60. The molecule has 2 rings (SSSR count). The summed E-state index contributed by atoms with van der Waals surface area (Å²) in [6.45, 7) is 4.96. The summed E-state index contributed by atoms with van der Waals surface area (Å²) in [5, 5.41) is 15.7. The second-order valence-electron chi connectivity index (χ2n) is 6.80. The third-order valence-corrected chi connectivity index (χ3v) is 4.49. The fraction of sp³-hybridized carbons (Fsp3) is 0.500. The number of carbonyl (C=O) groups is 2. The Morgan fingerprint density at radius 2 is 2.04 bits per heavy atom. The summed E-state index contributed by atoms with van der Waals surface area (Å²) in [5.41, 5.74) is 0.0739. The number of nitriles is 1. The summed E-state index contributed by atoms with van der Waals surface area (Å²) >= 11 is 5.81. The highest BCUT2D eigenvalue weighted by Gasteiger charge is 2.29. The Kier molecular flexibility index (Phi) is 6.40. The second kappa shape index (κ2) is 8.32. The average Bonchev–Trinajstić information content (AvgIpc) is 3.07. The van der Waals surface area contributed by atoms with E-state index in [-0.39, 0.29) is 24.4 Å². The predicted molar refractivity (Wildman–Crippen MR) is 96.2 cm³/mol. The smallest absolute Gasteiger partial charge is 0.251 e. The normalized spacial score (nSPS) is 17.2. The minimum atomic E-state index is -0.459. The maximum Gasteiger partial charge on any atom is 0.251 e. The van der Waals surface area contributed by atoms with Gasteiger partial charge < -0.3 is 15.5 Å². The third kappa shape index (κ3) is 5.45. The Morgan fingerprint density at radius 1 is 1.36 bits per heavy atom. The van der Waals surface area contributed by atoms with E-state index in [1.165, 1.54) is 0 Å². The molecule has 1 unspecified atom stereocenters. The van der Waals surface area contributed by atoms with Crippen LogP contribution in [0.3, 0.4) is 0 Å². The van der Waals surface area contributed by atoms with Crippen LogP contribution in [0.1, 0.15) is 37.0 Å². The Balaban J connectivity index is 1.81. The zero-order chi connectivity index (χ0) is 18.4. The number of hydrogen-bond acceptors (Lipinski definition) is 4. The van der Waals surface area contributed by atoms with Crippen molar-refractivity contribution in [3.05, 3.63) is 34.9 Å². The van der Waals surface area contributed by atoms with Crippen molar-refractivity contribution in [2.45, 2.75) is 38.3 Å². The molecule has 0 aliphatic carbocycles. The summed E-state index contributed by atoms with van der Waals surface area (Å²) in [5.74, 6) is -0.275. The molecule has 6 nitrogen and oxygen atoms in total. The molecule has 0 spiro atoms. The monoisotopic (exact) mass is 362 g/mol. The number of nitrogens with one attached hydrogen (secondary N) is 2. The van der Waals surface area contributed by atoms with Gasteiger partial charge in [0, 0.05) is 29.2 Å². The second-order valence-corrected chi connectivity index (χ2v) is 7.24. The van der Waals surface area contributed by atoms with Gasteiger partial charge in [-0.3, -0.25) is 9.59 Å². The molecule has 0 bridgehead atoms. The molecule has 1 aromatic carbocycles. The van der Waals surface area contributed by atoms with Gasteiger partial charge in [-0.2, -0.15) is 5.26 Å². The lowest BCUT2D eigenvalue weighted by molar-refractivity contribution is -0.130. The van der Waals surface area contributed by atoms with Gasteiger partial charge in [-0.15, -0.1) is 0 Å². The molecular formula is C18H23ClN4O2. The summed E-state index contributed by atoms with van der Waals surface area (Å²) in [7, 11) is 0. The maximum atomic E-state index is 12.3. The molecule has 1 atom stereocenters. The largest absolute Gasteiger partial charge is 0.350 e. The first-order valence-electron chi connectivity index (χ1n) is 8.30. The Bertz CT molecular complexity index is 667. The lowest BCUT2D eigenvalue weighted by atomic mass is 10.1. The van der Waals surface area contributed by atoms with Crippen LogP contribution in [0.4, 0.5) is 0 Å². The van der Waals surface area contributed by atoms with E-state index in [2.05, 4.69) is 16.7 Å². The van der Waals surface area contributed by atoms with Crippen molar-refractivity contribution in [1.82, 2.24) is 15.5 Å².